The van der Waals surface area contributed by atoms with Gasteiger partial charge in [-0.2, -0.15) is 0 Å². The van der Waals surface area contributed by atoms with Crippen molar-refractivity contribution in [2.45, 2.75) is 32.1 Å². The van der Waals surface area contributed by atoms with Gasteiger partial charge in [-0.15, -0.1) is 0 Å². The van der Waals surface area contributed by atoms with E-state index in [2.05, 4.69) is 140 Å². The Hall–Kier alpha value is -4.68. The molecule has 42 heavy (non-hydrogen) atoms. The second-order valence-electron chi connectivity index (χ2n) is 11.8. The standard InChI is InChI=1S/C42H34/c1-4-11-30(12-5-1)39(31-13-6-2-7-14-31)40(32-15-8-3-9-16-32)35-21-19-29(20-22-35)37-27-25-36-24-23-33-17-10-18-34-26-28-38(37)42(36)41(33)34/h1-6,8-11,13,15-19,21,23-28,30H,7,12,14,20,22H2. The molecule has 0 aliphatic heterocycles. The van der Waals surface area contributed by atoms with Gasteiger partial charge in [-0.05, 0) is 103 Å². The van der Waals surface area contributed by atoms with Crippen molar-refractivity contribution in [3.8, 4) is 0 Å². The summed E-state index contributed by atoms with van der Waals surface area (Å²) in [5, 5.41) is 8.15. The molecule has 0 spiro atoms. The van der Waals surface area contributed by atoms with Crippen molar-refractivity contribution in [3.05, 3.63) is 167 Å². The summed E-state index contributed by atoms with van der Waals surface area (Å²) in [4.78, 5) is 0. The molecule has 0 saturated carbocycles. The first-order valence-electron chi connectivity index (χ1n) is 15.4. The molecule has 0 N–H and O–H groups in total. The summed E-state index contributed by atoms with van der Waals surface area (Å²) in [5.41, 5.74) is 10.0. The second-order valence-corrected chi connectivity index (χ2v) is 11.8. The van der Waals surface area contributed by atoms with Crippen molar-refractivity contribution in [2.75, 3.05) is 0 Å². The lowest BCUT2D eigenvalue weighted by molar-refractivity contribution is 0.757. The summed E-state index contributed by atoms with van der Waals surface area (Å²) in [5.74, 6) is 0.395. The van der Waals surface area contributed by atoms with E-state index in [0.29, 0.717) is 5.92 Å². The minimum atomic E-state index is 0.395. The monoisotopic (exact) mass is 538 g/mol. The molecule has 0 amide bonds. The third-order valence-corrected chi connectivity index (χ3v) is 9.39. The number of rotatable bonds is 5. The Bertz CT molecular complexity index is 2020. The van der Waals surface area contributed by atoms with Crippen LogP contribution in [0.2, 0.25) is 0 Å². The summed E-state index contributed by atoms with van der Waals surface area (Å²) >= 11 is 0. The molecule has 0 fully saturated rings. The molecule has 3 aliphatic carbocycles. The van der Waals surface area contributed by atoms with E-state index in [1.54, 1.807) is 0 Å². The zero-order chi connectivity index (χ0) is 27.9. The Morgan fingerprint density at radius 1 is 0.571 bits per heavy atom. The van der Waals surface area contributed by atoms with Crippen LogP contribution in [0.3, 0.4) is 0 Å². The van der Waals surface area contributed by atoms with Crippen molar-refractivity contribution >= 4 is 43.5 Å². The second kappa shape index (κ2) is 10.6. The van der Waals surface area contributed by atoms with E-state index in [1.165, 1.54) is 71.3 Å². The molecule has 0 bridgehead atoms. The topological polar surface area (TPSA) is 0 Å². The number of allylic oxidation sites excluding steroid dienone is 14. The number of benzene rings is 5. The maximum Gasteiger partial charge on any atom is 0.00646 e. The van der Waals surface area contributed by atoms with Crippen LogP contribution in [0.25, 0.3) is 43.5 Å². The summed E-state index contributed by atoms with van der Waals surface area (Å²) in [6.07, 6.45) is 26.3. The average molecular weight is 539 g/mol. The molecule has 3 aliphatic rings. The zero-order valence-corrected chi connectivity index (χ0v) is 23.9. The lowest BCUT2D eigenvalue weighted by Gasteiger charge is -2.28. The zero-order valence-electron chi connectivity index (χ0n) is 23.9. The first kappa shape index (κ1) is 25.1. The highest BCUT2D eigenvalue weighted by Gasteiger charge is 2.25. The lowest BCUT2D eigenvalue weighted by atomic mass is 9.76. The van der Waals surface area contributed by atoms with Crippen molar-refractivity contribution < 1.29 is 0 Å². The maximum absolute atomic E-state index is 2.43. The van der Waals surface area contributed by atoms with E-state index in [9.17, 15) is 0 Å². The summed E-state index contributed by atoms with van der Waals surface area (Å²) in [7, 11) is 0. The Kier molecular flexibility index (Phi) is 6.34. The molecule has 0 radical (unpaired) electrons. The SMILES string of the molecule is C1=CCCC(C(=C(C2=CC=C(c3ccc4ccc5cccc6ccc3c4c56)CC2)c2ccccc2)C2C=CC=CC2)=C1. The van der Waals surface area contributed by atoms with E-state index >= 15 is 0 Å². The van der Waals surface area contributed by atoms with Crippen molar-refractivity contribution in [3.63, 3.8) is 0 Å². The van der Waals surface area contributed by atoms with Crippen LogP contribution in [0, 0.1) is 5.92 Å². The van der Waals surface area contributed by atoms with E-state index in [0.717, 1.165) is 32.1 Å². The van der Waals surface area contributed by atoms with Crippen LogP contribution >= 0.6 is 0 Å². The van der Waals surface area contributed by atoms with Gasteiger partial charge in [0.15, 0.2) is 0 Å². The van der Waals surface area contributed by atoms with Gasteiger partial charge in [0.25, 0.3) is 0 Å². The Balaban J connectivity index is 1.30. The maximum atomic E-state index is 2.43. The van der Waals surface area contributed by atoms with Gasteiger partial charge >= 0.3 is 0 Å². The highest BCUT2D eigenvalue weighted by atomic mass is 14.3. The minimum Gasteiger partial charge on any atom is -0.0842 e. The Labute approximate surface area is 248 Å². The van der Waals surface area contributed by atoms with Crippen LogP contribution in [0.1, 0.15) is 43.2 Å². The highest BCUT2D eigenvalue weighted by Crippen LogP contribution is 2.44. The predicted molar refractivity (Wildman–Crippen MR) is 182 cm³/mol. The molecule has 0 saturated heterocycles. The van der Waals surface area contributed by atoms with Gasteiger partial charge in [0.2, 0.25) is 0 Å². The normalized spacial score (nSPS) is 19.2. The minimum absolute atomic E-state index is 0.395. The molecule has 5 aromatic rings. The van der Waals surface area contributed by atoms with E-state index in [-0.39, 0.29) is 0 Å². The summed E-state index contributed by atoms with van der Waals surface area (Å²) in [6, 6.07) is 31.6. The van der Waals surface area contributed by atoms with E-state index in [4.69, 9.17) is 0 Å². The lowest BCUT2D eigenvalue weighted by Crippen LogP contribution is -2.11. The van der Waals surface area contributed by atoms with Gasteiger partial charge in [-0.25, -0.2) is 0 Å². The molecule has 0 aromatic heterocycles. The van der Waals surface area contributed by atoms with Crippen LogP contribution in [-0.4, -0.2) is 0 Å². The number of hydrogen-bond acceptors (Lipinski definition) is 0. The summed E-state index contributed by atoms with van der Waals surface area (Å²) < 4.78 is 0. The van der Waals surface area contributed by atoms with Crippen molar-refractivity contribution in [1.82, 2.24) is 0 Å². The van der Waals surface area contributed by atoms with E-state index in [1.807, 2.05) is 0 Å². The Morgan fingerprint density at radius 3 is 2.12 bits per heavy atom. The molecule has 0 nitrogen and oxygen atoms in total. The van der Waals surface area contributed by atoms with Crippen LogP contribution in [0.4, 0.5) is 0 Å². The summed E-state index contributed by atoms with van der Waals surface area (Å²) in [6.45, 7) is 0. The van der Waals surface area contributed by atoms with Gasteiger partial charge in [-0.3, -0.25) is 0 Å². The fourth-order valence-electron chi connectivity index (χ4n) is 7.41. The predicted octanol–water partition coefficient (Wildman–Crippen LogP) is 11.6. The van der Waals surface area contributed by atoms with Gasteiger partial charge in [0.05, 0.1) is 0 Å². The smallest absolute Gasteiger partial charge is 0.00646 e. The molecule has 1 unspecified atom stereocenters. The Morgan fingerprint density at radius 2 is 1.38 bits per heavy atom. The van der Waals surface area contributed by atoms with Gasteiger partial charge in [0.1, 0.15) is 0 Å². The van der Waals surface area contributed by atoms with Crippen LogP contribution < -0.4 is 0 Å². The first-order valence-corrected chi connectivity index (χ1v) is 15.4. The van der Waals surface area contributed by atoms with Crippen LogP contribution in [0.5, 0.6) is 0 Å². The first-order chi connectivity index (χ1) is 20.8. The van der Waals surface area contributed by atoms with E-state index < -0.39 is 0 Å². The molecular formula is C42H34. The molecule has 0 heteroatoms. The third kappa shape index (κ3) is 4.30. The quantitative estimate of drug-likeness (QED) is 0.195. The fourth-order valence-corrected chi connectivity index (χ4v) is 7.41. The molecule has 202 valence electrons. The van der Waals surface area contributed by atoms with Crippen LogP contribution in [-0.2, 0) is 0 Å². The van der Waals surface area contributed by atoms with Crippen molar-refractivity contribution in [2.24, 2.45) is 5.92 Å². The molecular weight excluding hydrogens is 504 g/mol. The third-order valence-electron chi connectivity index (χ3n) is 9.39. The van der Waals surface area contributed by atoms with Crippen molar-refractivity contribution in [1.29, 1.82) is 0 Å². The largest absolute Gasteiger partial charge is 0.0842 e. The molecule has 0 heterocycles. The molecule has 5 aromatic carbocycles. The average Bonchev–Trinajstić information content (AvgIpc) is 3.07. The van der Waals surface area contributed by atoms with Gasteiger partial charge in [0, 0.05) is 5.92 Å². The molecule has 1 atom stereocenters. The van der Waals surface area contributed by atoms with Crippen LogP contribution in [0.15, 0.2) is 156 Å². The number of hydrogen-bond donors (Lipinski definition) is 0. The highest BCUT2D eigenvalue weighted by molar-refractivity contribution is 6.24. The fraction of sp³-hybridized carbons (Fsp3) is 0.143. The molecule has 8 rings (SSSR count). The van der Waals surface area contributed by atoms with Gasteiger partial charge in [-0.1, -0.05) is 140 Å². The van der Waals surface area contributed by atoms with Gasteiger partial charge < -0.3 is 0 Å².